The van der Waals surface area contributed by atoms with E-state index in [2.05, 4.69) is 4.90 Å². The van der Waals surface area contributed by atoms with Gasteiger partial charge in [-0.05, 0) is 44.9 Å². The van der Waals surface area contributed by atoms with E-state index in [4.69, 9.17) is 4.42 Å². The summed E-state index contributed by atoms with van der Waals surface area (Å²) >= 11 is 0. The van der Waals surface area contributed by atoms with Gasteiger partial charge in [0.1, 0.15) is 5.76 Å². The maximum Gasteiger partial charge on any atom is 0.227 e. The Bertz CT molecular complexity index is 479. The molecule has 1 saturated carbocycles. The first-order chi connectivity index (χ1) is 10.7. The summed E-state index contributed by atoms with van der Waals surface area (Å²) in [5.74, 6) is 1.28. The zero-order chi connectivity index (χ0) is 15.5. The Morgan fingerprint density at radius 2 is 2.09 bits per heavy atom. The lowest BCUT2D eigenvalue weighted by Gasteiger charge is -2.31. The molecule has 0 N–H and O–H groups in total. The molecule has 4 heteroatoms. The van der Waals surface area contributed by atoms with Crippen LogP contribution in [-0.4, -0.2) is 41.9 Å². The molecule has 1 aromatic heterocycles. The van der Waals surface area contributed by atoms with E-state index in [1.165, 1.54) is 32.1 Å². The Labute approximate surface area is 133 Å². The number of hydrogen-bond donors (Lipinski definition) is 0. The Balaban J connectivity index is 1.56. The van der Waals surface area contributed by atoms with E-state index < -0.39 is 0 Å². The highest BCUT2D eigenvalue weighted by molar-refractivity contribution is 5.79. The number of nitrogens with zero attached hydrogens (tertiary/aromatic N) is 2. The van der Waals surface area contributed by atoms with Crippen LogP contribution in [0.15, 0.2) is 22.8 Å². The zero-order valence-corrected chi connectivity index (χ0v) is 13.8. The van der Waals surface area contributed by atoms with Crippen LogP contribution in [0.5, 0.6) is 0 Å². The van der Waals surface area contributed by atoms with Crippen molar-refractivity contribution in [2.75, 3.05) is 20.1 Å². The van der Waals surface area contributed by atoms with Crippen molar-refractivity contribution in [1.29, 1.82) is 0 Å². The highest BCUT2D eigenvalue weighted by atomic mass is 16.3. The molecule has 122 valence electrons. The van der Waals surface area contributed by atoms with Gasteiger partial charge in [-0.1, -0.05) is 19.3 Å². The molecular formula is C18H28N2O2. The first kappa shape index (κ1) is 15.6. The third kappa shape index (κ3) is 3.22. The van der Waals surface area contributed by atoms with Crippen molar-refractivity contribution in [3.63, 3.8) is 0 Å². The Morgan fingerprint density at radius 1 is 1.32 bits per heavy atom. The molecule has 0 bridgehead atoms. The van der Waals surface area contributed by atoms with E-state index in [1.54, 1.807) is 6.26 Å². The van der Waals surface area contributed by atoms with E-state index >= 15 is 0 Å². The predicted octanol–water partition coefficient (Wildman–Crippen LogP) is 3.45. The summed E-state index contributed by atoms with van der Waals surface area (Å²) in [6.07, 6.45) is 9.41. The standard InChI is InChI=1S/C18H28N2O2/c1-14(17-9-6-12-22-17)19(2)18(21)15-10-11-20(13-15)16-7-4-3-5-8-16/h6,9,12,14-16H,3-5,7-8,10-11,13H2,1-2H3. The van der Waals surface area contributed by atoms with E-state index in [9.17, 15) is 4.79 Å². The summed E-state index contributed by atoms with van der Waals surface area (Å²) in [7, 11) is 1.90. The van der Waals surface area contributed by atoms with E-state index in [0.717, 1.165) is 31.3 Å². The molecule has 2 atom stereocenters. The molecule has 1 aliphatic heterocycles. The molecule has 0 radical (unpaired) electrons. The van der Waals surface area contributed by atoms with Crippen molar-refractivity contribution < 1.29 is 9.21 Å². The van der Waals surface area contributed by atoms with Gasteiger partial charge in [-0.25, -0.2) is 0 Å². The van der Waals surface area contributed by atoms with Gasteiger partial charge in [0.2, 0.25) is 5.91 Å². The summed E-state index contributed by atoms with van der Waals surface area (Å²) in [4.78, 5) is 17.2. The Kier molecular flexibility index (Phi) is 4.87. The number of carbonyl (C=O) groups excluding carboxylic acids is 1. The lowest BCUT2D eigenvalue weighted by molar-refractivity contribution is -0.136. The average molecular weight is 304 g/mol. The van der Waals surface area contributed by atoms with Crippen LogP contribution in [0, 0.1) is 5.92 Å². The molecule has 2 aliphatic rings. The smallest absolute Gasteiger partial charge is 0.227 e. The van der Waals surface area contributed by atoms with Crippen LogP contribution in [0.3, 0.4) is 0 Å². The summed E-state index contributed by atoms with van der Waals surface area (Å²) < 4.78 is 5.44. The molecule has 22 heavy (non-hydrogen) atoms. The maximum atomic E-state index is 12.8. The van der Waals surface area contributed by atoms with Gasteiger partial charge in [0.05, 0.1) is 18.2 Å². The summed E-state index contributed by atoms with van der Waals surface area (Å²) in [6, 6.07) is 4.55. The normalized spacial score (nSPS) is 25.3. The van der Waals surface area contributed by atoms with Gasteiger partial charge >= 0.3 is 0 Å². The topological polar surface area (TPSA) is 36.7 Å². The van der Waals surface area contributed by atoms with Crippen LogP contribution in [-0.2, 0) is 4.79 Å². The van der Waals surface area contributed by atoms with Gasteiger partial charge < -0.3 is 9.32 Å². The number of likely N-dealkylation sites (tertiary alicyclic amines) is 1. The second kappa shape index (κ2) is 6.86. The van der Waals surface area contributed by atoms with Crippen LogP contribution >= 0.6 is 0 Å². The molecular weight excluding hydrogens is 276 g/mol. The summed E-state index contributed by atoms with van der Waals surface area (Å²) in [5, 5.41) is 0. The fraction of sp³-hybridized carbons (Fsp3) is 0.722. The maximum absolute atomic E-state index is 12.8. The first-order valence-corrected chi connectivity index (χ1v) is 8.71. The highest BCUT2D eigenvalue weighted by Gasteiger charge is 2.35. The minimum Gasteiger partial charge on any atom is -0.467 e. The van der Waals surface area contributed by atoms with Crippen molar-refractivity contribution in [2.45, 2.75) is 57.5 Å². The van der Waals surface area contributed by atoms with Crippen molar-refractivity contribution in [2.24, 2.45) is 5.92 Å². The number of carbonyl (C=O) groups is 1. The van der Waals surface area contributed by atoms with Crippen LogP contribution in [0.1, 0.15) is 57.3 Å². The molecule has 3 rings (SSSR count). The molecule has 1 aromatic rings. The molecule has 0 aromatic carbocycles. The van der Waals surface area contributed by atoms with Gasteiger partial charge in [-0.15, -0.1) is 0 Å². The van der Waals surface area contributed by atoms with Crippen LogP contribution in [0.2, 0.25) is 0 Å². The van der Waals surface area contributed by atoms with Gasteiger partial charge in [0.25, 0.3) is 0 Å². The molecule has 1 aliphatic carbocycles. The predicted molar refractivity (Wildman–Crippen MR) is 86.4 cm³/mol. The number of amides is 1. The Hall–Kier alpha value is -1.29. The molecule has 0 spiro atoms. The number of rotatable bonds is 4. The largest absolute Gasteiger partial charge is 0.467 e. The fourth-order valence-corrected chi connectivity index (χ4v) is 3.97. The van der Waals surface area contributed by atoms with Crippen LogP contribution in [0.4, 0.5) is 0 Å². The monoisotopic (exact) mass is 304 g/mol. The fourth-order valence-electron chi connectivity index (χ4n) is 3.97. The molecule has 2 fully saturated rings. The number of furan rings is 1. The second-order valence-corrected chi connectivity index (χ2v) is 6.91. The third-order valence-corrected chi connectivity index (χ3v) is 5.54. The first-order valence-electron chi connectivity index (χ1n) is 8.71. The quantitative estimate of drug-likeness (QED) is 0.855. The highest BCUT2D eigenvalue weighted by Crippen LogP contribution is 2.30. The second-order valence-electron chi connectivity index (χ2n) is 6.91. The third-order valence-electron chi connectivity index (χ3n) is 5.54. The van der Waals surface area contributed by atoms with E-state index in [1.807, 2.05) is 31.0 Å². The molecule has 1 saturated heterocycles. The zero-order valence-electron chi connectivity index (χ0n) is 13.8. The van der Waals surface area contributed by atoms with Crippen LogP contribution in [0.25, 0.3) is 0 Å². The minimum absolute atomic E-state index is 0.00577. The summed E-state index contributed by atoms with van der Waals surface area (Å²) in [5.41, 5.74) is 0. The average Bonchev–Trinajstić information content (AvgIpc) is 3.25. The van der Waals surface area contributed by atoms with Crippen molar-refractivity contribution in [1.82, 2.24) is 9.80 Å². The van der Waals surface area contributed by atoms with E-state index in [-0.39, 0.29) is 17.9 Å². The van der Waals surface area contributed by atoms with Gasteiger partial charge in [-0.3, -0.25) is 9.69 Å². The Morgan fingerprint density at radius 3 is 2.77 bits per heavy atom. The van der Waals surface area contributed by atoms with Gasteiger partial charge in [0, 0.05) is 19.6 Å². The van der Waals surface area contributed by atoms with E-state index in [0.29, 0.717) is 0 Å². The van der Waals surface area contributed by atoms with Crippen molar-refractivity contribution in [3.05, 3.63) is 24.2 Å². The molecule has 4 nitrogen and oxygen atoms in total. The SMILES string of the molecule is CC(c1ccco1)N(C)C(=O)C1CCN(C2CCCCC2)C1. The number of hydrogen-bond acceptors (Lipinski definition) is 3. The van der Waals surface area contributed by atoms with Gasteiger partial charge in [-0.2, -0.15) is 0 Å². The summed E-state index contributed by atoms with van der Waals surface area (Å²) in [6.45, 7) is 4.06. The lowest BCUT2D eigenvalue weighted by Crippen LogP contribution is -2.39. The lowest BCUT2D eigenvalue weighted by atomic mass is 9.94. The minimum atomic E-state index is 0.00577. The van der Waals surface area contributed by atoms with Gasteiger partial charge in [0.15, 0.2) is 0 Å². The van der Waals surface area contributed by atoms with Crippen molar-refractivity contribution >= 4 is 5.91 Å². The molecule has 2 heterocycles. The van der Waals surface area contributed by atoms with Crippen molar-refractivity contribution in [3.8, 4) is 0 Å². The van der Waals surface area contributed by atoms with Crippen LogP contribution < -0.4 is 0 Å². The molecule has 2 unspecified atom stereocenters. The molecule has 1 amide bonds.